The number of hydrogen-bond donors (Lipinski definition) is 2. The third-order valence-electron chi connectivity index (χ3n) is 2.84. The van der Waals surface area contributed by atoms with E-state index in [-0.39, 0.29) is 17.0 Å². The topological polar surface area (TPSA) is 76.2 Å². The number of rotatable bonds is 3. The number of nitrogens with two attached hydrogens (primary N) is 1. The third kappa shape index (κ3) is 2.77. The Kier molecular flexibility index (Phi) is 3.99. The molecule has 0 spiro atoms. The van der Waals surface area contributed by atoms with Gasteiger partial charge in [-0.05, 0) is 6.07 Å². The predicted molar refractivity (Wildman–Crippen MR) is 76.2 cm³/mol. The molecule has 108 valence electrons. The minimum atomic E-state index is -0.530. The van der Waals surface area contributed by atoms with Gasteiger partial charge in [0.15, 0.2) is 0 Å². The minimum absolute atomic E-state index is 0.00283. The fourth-order valence-electron chi connectivity index (χ4n) is 1.81. The van der Waals surface area contributed by atoms with Gasteiger partial charge >= 0.3 is 6.03 Å². The fourth-order valence-corrected chi connectivity index (χ4v) is 1.96. The molecule has 0 bridgehead atoms. The monoisotopic (exact) mass is 299 g/mol. The van der Waals surface area contributed by atoms with Crippen LogP contribution >= 0.6 is 11.6 Å². The number of carbonyl (C=O) groups excluding carboxylic acids is 1. The molecule has 0 fully saturated rings. The Morgan fingerprint density at radius 3 is 2.90 bits per heavy atom. The SMILES string of the molecule is CN(C)C(=O)NCCn1c(N)nc2cc(Cl)c(F)cc21. The largest absolute Gasteiger partial charge is 0.369 e. The highest BCUT2D eigenvalue weighted by molar-refractivity contribution is 6.31. The summed E-state index contributed by atoms with van der Waals surface area (Å²) in [6.07, 6.45) is 0. The lowest BCUT2D eigenvalue weighted by Gasteiger charge is -2.12. The number of hydrogen-bond acceptors (Lipinski definition) is 3. The van der Waals surface area contributed by atoms with Crippen LogP contribution in [0.4, 0.5) is 15.1 Å². The van der Waals surface area contributed by atoms with E-state index in [0.29, 0.717) is 24.1 Å². The minimum Gasteiger partial charge on any atom is -0.369 e. The lowest BCUT2D eigenvalue weighted by Crippen LogP contribution is -2.36. The molecule has 0 radical (unpaired) electrons. The van der Waals surface area contributed by atoms with Crippen LogP contribution in [0.25, 0.3) is 11.0 Å². The van der Waals surface area contributed by atoms with Gasteiger partial charge in [0.25, 0.3) is 0 Å². The summed E-state index contributed by atoms with van der Waals surface area (Å²) in [6.45, 7) is 0.750. The van der Waals surface area contributed by atoms with Gasteiger partial charge in [0.05, 0.1) is 16.1 Å². The van der Waals surface area contributed by atoms with Crippen LogP contribution in [-0.4, -0.2) is 41.1 Å². The summed E-state index contributed by atoms with van der Waals surface area (Å²) in [5, 5.41) is 2.70. The van der Waals surface area contributed by atoms with Gasteiger partial charge in [-0.1, -0.05) is 11.6 Å². The molecular weight excluding hydrogens is 285 g/mol. The first-order chi connectivity index (χ1) is 9.40. The zero-order valence-electron chi connectivity index (χ0n) is 11.2. The Labute approximate surface area is 120 Å². The van der Waals surface area contributed by atoms with Crippen LogP contribution in [0, 0.1) is 5.82 Å². The average Bonchev–Trinajstić information content (AvgIpc) is 2.66. The van der Waals surface area contributed by atoms with Gasteiger partial charge in [0, 0.05) is 33.3 Å². The number of fused-ring (bicyclic) bond motifs is 1. The first-order valence-electron chi connectivity index (χ1n) is 5.96. The Morgan fingerprint density at radius 2 is 2.25 bits per heavy atom. The molecule has 0 unspecified atom stereocenters. The smallest absolute Gasteiger partial charge is 0.316 e. The number of imidazole rings is 1. The number of anilines is 1. The van der Waals surface area contributed by atoms with E-state index in [1.165, 1.54) is 17.0 Å². The number of urea groups is 1. The van der Waals surface area contributed by atoms with E-state index in [9.17, 15) is 9.18 Å². The number of amides is 2. The average molecular weight is 300 g/mol. The maximum Gasteiger partial charge on any atom is 0.316 e. The standard InChI is InChI=1S/C12H15ClFN5O/c1-18(2)12(20)16-3-4-19-10-6-8(14)7(13)5-9(10)17-11(19)15/h5-6H,3-4H2,1-2H3,(H2,15,17)(H,16,20). The van der Waals surface area contributed by atoms with Crippen LogP contribution in [0.1, 0.15) is 0 Å². The molecule has 1 aromatic carbocycles. The maximum absolute atomic E-state index is 13.5. The lowest BCUT2D eigenvalue weighted by molar-refractivity contribution is 0.217. The molecule has 20 heavy (non-hydrogen) atoms. The van der Waals surface area contributed by atoms with Crippen molar-refractivity contribution in [1.29, 1.82) is 0 Å². The van der Waals surface area contributed by atoms with Crippen molar-refractivity contribution < 1.29 is 9.18 Å². The second-order valence-corrected chi connectivity index (χ2v) is 4.91. The van der Waals surface area contributed by atoms with Crippen molar-refractivity contribution in [1.82, 2.24) is 19.8 Å². The number of benzene rings is 1. The first kappa shape index (κ1) is 14.4. The van der Waals surface area contributed by atoms with Crippen molar-refractivity contribution in [2.75, 3.05) is 26.4 Å². The Morgan fingerprint density at radius 1 is 1.55 bits per heavy atom. The maximum atomic E-state index is 13.5. The van der Waals surface area contributed by atoms with Crippen molar-refractivity contribution >= 4 is 34.6 Å². The van der Waals surface area contributed by atoms with Gasteiger partial charge in [0.1, 0.15) is 5.82 Å². The molecule has 8 heteroatoms. The molecule has 0 aliphatic rings. The van der Waals surface area contributed by atoms with E-state index >= 15 is 0 Å². The van der Waals surface area contributed by atoms with E-state index in [1.54, 1.807) is 18.7 Å². The quantitative estimate of drug-likeness (QED) is 0.905. The van der Waals surface area contributed by atoms with E-state index in [4.69, 9.17) is 17.3 Å². The summed E-state index contributed by atoms with van der Waals surface area (Å²) in [4.78, 5) is 16.9. The molecule has 0 atom stereocenters. The van der Waals surface area contributed by atoms with Crippen molar-refractivity contribution in [3.8, 4) is 0 Å². The Hall–Kier alpha value is -2.02. The second-order valence-electron chi connectivity index (χ2n) is 4.50. The van der Waals surface area contributed by atoms with Gasteiger partial charge in [-0.25, -0.2) is 14.2 Å². The number of aromatic nitrogens is 2. The first-order valence-corrected chi connectivity index (χ1v) is 6.34. The highest BCUT2D eigenvalue weighted by Gasteiger charge is 2.12. The van der Waals surface area contributed by atoms with Crippen LogP contribution in [0.15, 0.2) is 12.1 Å². The van der Waals surface area contributed by atoms with Crippen LogP contribution < -0.4 is 11.1 Å². The van der Waals surface area contributed by atoms with Crippen LogP contribution in [-0.2, 0) is 6.54 Å². The predicted octanol–water partition coefficient (Wildman–Crippen LogP) is 1.68. The normalized spacial score (nSPS) is 10.8. The molecule has 2 amide bonds. The van der Waals surface area contributed by atoms with Gasteiger partial charge in [-0.2, -0.15) is 0 Å². The van der Waals surface area contributed by atoms with Crippen LogP contribution in [0.5, 0.6) is 0 Å². The van der Waals surface area contributed by atoms with E-state index in [2.05, 4.69) is 10.3 Å². The van der Waals surface area contributed by atoms with Crippen LogP contribution in [0.3, 0.4) is 0 Å². The zero-order valence-corrected chi connectivity index (χ0v) is 11.9. The highest BCUT2D eigenvalue weighted by Crippen LogP contribution is 2.24. The molecule has 0 saturated carbocycles. The summed E-state index contributed by atoms with van der Waals surface area (Å²) in [6, 6.07) is 2.51. The molecule has 2 rings (SSSR count). The third-order valence-corrected chi connectivity index (χ3v) is 3.13. The van der Waals surface area contributed by atoms with Crippen molar-refractivity contribution in [2.24, 2.45) is 0 Å². The van der Waals surface area contributed by atoms with Gasteiger partial charge in [-0.15, -0.1) is 0 Å². The zero-order chi connectivity index (χ0) is 14.9. The Balaban J connectivity index is 2.19. The van der Waals surface area contributed by atoms with E-state index in [1.807, 2.05) is 0 Å². The van der Waals surface area contributed by atoms with Crippen molar-refractivity contribution in [2.45, 2.75) is 6.54 Å². The number of halogens is 2. The lowest BCUT2D eigenvalue weighted by atomic mass is 10.3. The summed E-state index contributed by atoms with van der Waals surface area (Å²) in [7, 11) is 3.29. The van der Waals surface area contributed by atoms with Crippen molar-refractivity contribution in [3.05, 3.63) is 23.0 Å². The molecule has 1 aromatic heterocycles. The van der Waals surface area contributed by atoms with Gasteiger partial charge < -0.3 is 20.5 Å². The number of nitrogens with one attached hydrogen (secondary N) is 1. The van der Waals surface area contributed by atoms with Gasteiger partial charge in [-0.3, -0.25) is 0 Å². The van der Waals surface area contributed by atoms with Crippen LogP contribution in [0.2, 0.25) is 5.02 Å². The summed E-state index contributed by atoms with van der Waals surface area (Å²) in [5.41, 5.74) is 6.86. The number of nitrogens with zero attached hydrogens (tertiary/aromatic N) is 3. The molecular formula is C12H15ClFN5O. The molecule has 2 aromatic rings. The number of carbonyl (C=O) groups is 1. The summed E-state index contributed by atoms with van der Waals surface area (Å²) < 4.78 is 15.1. The summed E-state index contributed by atoms with van der Waals surface area (Å²) >= 11 is 5.70. The van der Waals surface area contributed by atoms with Crippen molar-refractivity contribution in [3.63, 3.8) is 0 Å². The molecule has 6 nitrogen and oxygen atoms in total. The highest BCUT2D eigenvalue weighted by atomic mass is 35.5. The van der Waals surface area contributed by atoms with E-state index in [0.717, 1.165) is 0 Å². The Bertz CT molecular complexity index is 655. The van der Waals surface area contributed by atoms with Gasteiger partial charge in [0.2, 0.25) is 5.95 Å². The number of nitrogen functional groups attached to an aromatic ring is 1. The molecule has 0 aliphatic heterocycles. The fraction of sp³-hybridized carbons (Fsp3) is 0.333. The second kappa shape index (κ2) is 5.54. The molecule has 3 N–H and O–H groups in total. The van der Waals surface area contributed by atoms with E-state index < -0.39 is 5.82 Å². The summed E-state index contributed by atoms with van der Waals surface area (Å²) in [5.74, 6) is -0.279. The molecule has 0 aliphatic carbocycles. The molecule has 1 heterocycles. The molecule has 0 saturated heterocycles.